The van der Waals surface area contributed by atoms with Crippen LogP contribution in [-0.4, -0.2) is 0 Å². The predicted octanol–water partition coefficient (Wildman–Crippen LogP) is 1.10. The Morgan fingerprint density at radius 2 is 2.33 bits per heavy atom. The summed E-state index contributed by atoms with van der Waals surface area (Å²) in [4.78, 5) is 0. The highest BCUT2D eigenvalue weighted by Gasteiger charge is 1.79. The Kier molecular flexibility index (Phi) is 4.54. The van der Waals surface area contributed by atoms with Crippen molar-refractivity contribution < 1.29 is 0 Å². The van der Waals surface area contributed by atoms with E-state index in [1.807, 2.05) is 19.1 Å². The first-order valence-electron chi connectivity index (χ1n) is 2.77. The molecule has 0 radical (unpaired) electrons. The third kappa shape index (κ3) is 3.55. The summed E-state index contributed by atoms with van der Waals surface area (Å²) >= 11 is 0. The molecule has 9 heavy (non-hydrogen) atoms. The van der Waals surface area contributed by atoms with Gasteiger partial charge in [-0.25, -0.2) is 0 Å². The van der Waals surface area contributed by atoms with Crippen LogP contribution >= 0.6 is 0 Å². The molecular weight excluding hydrogens is 112 g/mol. The van der Waals surface area contributed by atoms with Gasteiger partial charge in [0.05, 0.1) is 0 Å². The van der Waals surface area contributed by atoms with Gasteiger partial charge in [-0.05, 0) is 19.1 Å². The molecule has 0 atom stereocenters. The van der Waals surface area contributed by atoms with Crippen LogP contribution in [0.15, 0.2) is 36.6 Å². The average Bonchev–Trinajstić information content (AvgIpc) is 1.88. The first kappa shape index (κ1) is 7.98. The summed E-state index contributed by atoms with van der Waals surface area (Å²) in [5.41, 5.74) is 3.36. The van der Waals surface area contributed by atoms with Crippen molar-refractivity contribution >= 4 is 0 Å². The van der Waals surface area contributed by atoms with E-state index in [0.717, 1.165) is 5.70 Å². The van der Waals surface area contributed by atoms with Gasteiger partial charge in [-0.15, -0.1) is 0 Å². The molecule has 0 aromatic rings. The van der Waals surface area contributed by atoms with Crippen LogP contribution in [0.5, 0.6) is 0 Å². The largest absolute Gasteiger partial charge is 0.324 e. The fourth-order valence-corrected chi connectivity index (χ4v) is 0.458. The third-order valence-corrected chi connectivity index (χ3v) is 0.810. The molecule has 0 aliphatic rings. The summed E-state index contributed by atoms with van der Waals surface area (Å²) in [6, 6.07) is 0. The Hall–Kier alpha value is -1.02. The number of hydrogen-bond acceptors (Lipinski definition) is 2. The van der Waals surface area contributed by atoms with Crippen LogP contribution in [0.1, 0.15) is 6.92 Å². The minimum Gasteiger partial charge on any atom is -0.324 e. The molecular formula is C7H12N2. The molecule has 2 nitrogen and oxygen atoms in total. The van der Waals surface area contributed by atoms with Crippen LogP contribution in [-0.2, 0) is 0 Å². The lowest BCUT2D eigenvalue weighted by Gasteiger charge is -1.95. The summed E-state index contributed by atoms with van der Waals surface area (Å²) < 4.78 is 0. The zero-order valence-corrected chi connectivity index (χ0v) is 5.59. The maximum atomic E-state index is 5.13. The Balaban J connectivity index is 3.96. The van der Waals surface area contributed by atoms with E-state index in [0.29, 0.717) is 0 Å². The molecule has 0 aromatic carbocycles. The van der Waals surface area contributed by atoms with E-state index in [9.17, 15) is 0 Å². The molecule has 0 aliphatic carbocycles. The third-order valence-electron chi connectivity index (χ3n) is 0.810. The van der Waals surface area contributed by atoms with E-state index >= 15 is 0 Å². The van der Waals surface area contributed by atoms with Crippen molar-refractivity contribution in [1.82, 2.24) is 5.43 Å². The lowest BCUT2D eigenvalue weighted by molar-refractivity contribution is 0.916. The Morgan fingerprint density at radius 1 is 1.67 bits per heavy atom. The number of nitrogens with one attached hydrogen (secondary N) is 1. The smallest absolute Gasteiger partial charge is 0.0481 e. The molecule has 50 valence electrons. The van der Waals surface area contributed by atoms with Gasteiger partial charge in [-0.1, -0.05) is 18.7 Å². The van der Waals surface area contributed by atoms with Gasteiger partial charge in [0.2, 0.25) is 0 Å². The lowest BCUT2D eigenvalue weighted by atomic mass is 10.3. The molecule has 0 aliphatic heterocycles. The van der Waals surface area contributed by atoms with Gasteiger partial charge < -0.3 is 5.43 Å². The zero-order valence-electron chi connectivity index (χ0n) is 5.59. The van der Waals surface area contributed by atoms with E-state index in [4.69, 9.17) is 5.84 Å². The normalized spacial score (nSPS) is 12.0. The fourth-order valence-electron chi connectivity index (χ4n) is 0.458. The topological polar surface area (TPSA) is 38.0 Å². The number of hydrazine groups is 1. The molecule has 0 unspecified atom stereocenters. The van der Waals surface area contributed by atoms with Crippen LogP contribution in [0.2, 0.25) is 0 Å². The van der Waals surface area contributed by atoms with Crippen molar-refractivity contribution in [2.45, 2.75) is 6.92 Å². The van der Waals surface area contributed by atoms with Gasteiger partial charge in [0.1, 0.15) is 0 Å². The zero-order chi connectivity index (χ0) is 7.11. The SMILES string of the molecule is C=C/C=C(\C=C/C)NN. The molecule has 0 spiro atoms. The average molecular weight is 124 g/mol. The van der Waals surface area contributed by atoms with Gasteiger partial charge in [-0.3, -0.25) is 5.84 Å². The van der Waals surface area contributed by atoms with Gasteiger partial charge in [0.25, 0.3) is 0 Å². The summed E-state index contributed by atoms with van der Waals surface area (Å²) in [5.74, 6) is 5.13. The van der Waals surface area contributed by atoms with Crippen molar-refractivity contribution in [3.8, 4) is 0 Å². The molecule has 3 N–H and O–H groups in total. The van der Waals surface area contributed by atoms with Crippen molar-refractivity contribution in [2.24, 2.45) is 5.84 Å². The molecule has 0 bridgehead atoms. The maximum Gasteiger partial charge on any atom is 0.0481 e. The van der Waals surface area contributed by atoms with E-state index in [1.165, 1.54) is 0 Å². The van der Waals surface area contributed by atoms with E-state index in [1.54, 1.807) is 12.2 Å². The first-order chi connectivity index (χ1) is 4.35. The molecule has 0 fully saturated rings. The minimum atomic E-state index is 0.854. The predicted molar refractivity (Wildman–Crippen MR) is 40.4 cm³/mol. The van der Waals surface area contributed by atoms with Crippen LogP contribution in [0.3, 0.4) is 0 Å². The van der Waals surface area contributed by atoms with Gasteiger partial charge in [0.15, 0.2) is 0 Å². The lowest BCUT2D eigenvalue weighted by Crippen LogP contribution is -2.19. The number of nitrogens with two attached hydrogens (primary N) is 1. The standard InChI is InChI=1S/C7H12N2/c1-3-5-7(9-8)6-4-2/h3-6,9H,1,8H2,2H3/b6-4-,7-5+. The quantitative estimate of drug-likeness (QED) is 0.336. The van der Waals surface area contributed by atoms with Crippen molar-refractivity contribution in [3.05, 3.63) is 36.6 Å². The number of rotatable bonds is 3. The van der Waals surface area contributed by atoms with Gasteiger partial charge >= 0.3 is 0 Å². The van der Waals surface area contributed by atoms with Crippen LogP contribution in [0.25, 0.3) is 0 Å². The Labute approximate surface area is 55.7 Å². The second-order valence-corrected chi connectivity index (χ2v) is 1.50. The first-order valence-corrected chi connectivity index (χ1v) is 2.77. The summed E-state index contributed by atoms with van der Waals surface area (Å²) in [6.07, 6.45) is 7.23. The monoisotopic (exact) mass is 124 g/mol. The molecule has 0 rings (SSSR count). The van der Waals surface area contributed by atoms with Crippen molar-refractivity contribution in [3.63, 3.8) is 0 Å². The molecule has 0 aromatic heterocycles. The Bertz CT molecular complexity index is 134. The summed E-state index contributed by atoms with van der Waals surface area (Å²) in [7, 11) is 0. The van der Waals surface area contributed by atoms with Gasteiger partial charge in [-0.2, -0.15) is 0 Å². The van der Waals surface area contributed by atoms with Gasteiger partial charge in [0, 0.05) is 5.70 Å². The van der Waals surface area contributed by atoms with Crippen molar-refractivity contribution in [2.75, 3.05) is 0 Å². The second kappa shape index (κ2) is 5.12. The number of hydrogen-bond donors (Lipinski definition) is 2. The number of allylic oxidation sites excluding steroid dienone is 4. The van der Waals surface area contributed by atoms with Crippen LogP contribution < -0.4 is 11.3 Å². The van der Waals surface area contributed by atoms with Crippen LogP contribution in [0, 0.1) is 0 Å². The highest BCUT2D eigenvalue weighted by atomic mass is 15.2. The highest BCUT2D eigenvalue weighted by Crippen LogP contribution is 1.88. The Morgan fingerprint density at radius 3 is 2.67 bits per heavy atom. The summed E-state index contributed by atoms with van der Waals surface area (Å²) in [5, 5.41) is 0. The molecule has 2 heteroatoms. The summed E-state index contributed by atoms with van der Waals surface area (Å²) in [6.45, 7) is 5.45. The minimum absolute atomic E-state index is 0.854. The molecule has 0 heterocycles. The van der Waals surface area contributed by atoms with E-state index < -0.39 is 0 Å². The molecule has 0 saturated heterocycles. The second-order valence-electron chi connectivity index (χ2n) is 1.50. The van der Waals surface area contributed by atoms with E-state index in [-0.39, 0.29) is 0 Å². The van der Waals surface area contributed by atoms with Crippen molar-refractivity contribution in [1.29, 1.82) is 0 Å². The fraction of sp³-hybridized carbons (Fsp3) is 0.143. The van der Waals surface area contributed by atoms with Crippen LogP contribution in [0.4, 0.5) is 0 Å². The maximum absolute atomic E-state index is 5.13. The van der Waals surface area contributed by atoms with E-state index in [2.05, 4.69) is 12.0 Å². The molecule has 0 saturated carbocycles. The highest BCUT2D eigenvalue weighted by molar-refractivity contribution is 5.19. The molecule has 0 amide bonds.